The minimum atomic E-state index is -3.09. The Hall–Kier alpha value is 0.200. The van der Waals surface area contributed by atoms with Crippen molar-refractivity contribution >= 4 is 21.6 Å². The molecule has 0 fully saturated rings. The lowest BCUT2D eigenvalue weighted by Crippen LogP contribution is -2.33. The second-order valence-electron chi connectivity index (χ2n) is 3.43. The van der Waals surface area contributed by atoms with Crippen molar-refractivity contribution in [1.29, 1.82) is 0 Å². The zero-order valence-corrected chi connectivity index (χ0v) is 9.95. The quantitative estimate of drug-likeness (QED) is 0.701. The van der Waals surface area contributed by atoms with Crippen molar-refractivity contribution in [3.63, 3.8) is 0 Å². The monoisotopic (exact) mass is 227 g/mol. The van der Waals surface area contributed by atoms with Crippen LogP contribution in [-0.4, -0.2) is 26.1 Å². The highest BCUT2D eigenvalue weighted by atomic mass is 35.5. The van der Waals surface area contributed by atoms with Gasteiger partial charge in [0, 0.05) is 11.9 Å². The highest BCUT2D eigenvalue weighted by molar-refractivity contribution is 7.89. The standard InChI is InChI=1S/C8H18ClNO2S/c1-4-5-13(11,12)10-6-8(9)7(2)3/h7-8,10H,4-6H2,1-3H3. The van der Waals surface area contributed by atoms with Crippen molar-refractivity contribution in [2.75, 3.05) is 12.3 Å². The van der Waals surface area contributed by atoms with E-state index in [1.807, 2.05) is 20.8 Å². The molecule has 0 rings (SSSR count). The average Bonchev–Trinajstić information content (AvgIpc) is 2.00. The first kappa shape index (κ1) is 13.2. The third-order valence-corrected chi connectivity index (χ3v) is 3.90. The predicted octanol–water partition coefficient (Wildman–Crippen LogP) is 1.58. The minimum Gasteiger partial charge on any atom is -0.214 e. The largest absolute Gasteiger partial charge is 0.214 e. The van der Waals surface area contributed by atoms with Crippen molar-refractivity contribution in [2.24, 2.45) is 5.92 Å². The molecule has 0 radical (unpaired) electrons. The van der Waals surface area contributed by atoms with Crippen LogP contribution in [0.1, 0.15) is 27.2 Å². The van der Waals surface area contributed by atoms with Crippen LogP contribution in [0.15, 0.2) is 0 Å². The lowest BCUT2D eigenvalue weighted by Gasteiger charge is -2.13. The van der Waals surface area contributed by atoms with Gasteiger partial charge in [0.25, 0.3) is 0 Å². The Balaban J connectivity index is 3.88. The van der Waals surface area contributed by atoms with Crippen molar-refractivity contribution in [3.8, 4) is 0 Å². The average molecular weight is 228 g/mol. The molecule has 0 aliphatic heterocycles. The van der Waals surface area contributed by atoms with E-state index in [9.17, 15) is 8.42 Å². The van der Waals surface area contributed by atoms with E-state index in [0.717, 1.165) is 0 Å². The van der Waals surface area contributed by atoms with Crippen LogP contribution in [0.4, 0.5) is 0 Å². The summed E-state index contributed by atoms with van der Waals surface area (Å²) in [7, 11) is -3.09. The van der Waals surface area contributed by atoms with Crippen LogP contribution in [0.3, 0.4) is 0 Å². The van der Waals surface area contributed by atoms with Gasteiger partial charge in [-0.3, -0.25) is 0 Å². The highest BCUT2D eigenvalue weighted by Crippen LogP contribution is 2.08. The van der Waals surface area contributed by atoms with E-state index >= 15 is 0 Å². The van der Waals surface area contributed by atoms with Crippen LogP contribution >= 0.6 is 11.6 Å². The number of hydrogen-bond donors (Lipinski definition) is 1. The summed E-state index contributed by atoms with van der Waals surface area (Å²) in [6, 6.07) is 0. The Morgan fingerprint density at radius 1 is 1.38 bits per heavy atom. The second kappa shape index (κ2) is 5.83. The van der Waals surface area contributed by atoms with Crippen LogP contribution in [0.2, 0.25) is 0 Å². The fourth-order valence-corrected chi connectivity index (χ4v) is 2.07. The van der Waals surface area contributed by atoms with Crippen LogP contribution in [0, 0.1) is 5.92 Å². The summed E-state index contributed by atoms with van der Waals surface area (Å²) in [6.45, 7) is 6.08. The molecule has 0 aliphatic carbocycles. The Bertz CT molecular complexity index is 226. The zero-order chi connectivity index (χ0) is 10.5. The van der Waals surface area contributed by atoms with Crippen molar-refractivity contribution < 1.29 is 8.42 Å². The van der Waals surface area contributed by atoms with E-state index in [-0.39, 0.29) is 17.0 Å². The fourth-order valence-electron chi connectivity index (χ4n) is 0.783. The maximum absolute atomic E-state index is 11.2. The second-order valence-corrected chi connectivity index (χ2v) is 5.91. The molecule has 1 N–H and O–H groups in total. The number of nitrogens with one attached hydrogen (secondary N) is 1. The molecule has 0 amide bonds. The maximum atomic E-state index is 11.2. The summed E-state index contributed by atoms with van der Waals surface area (Å²) >= 11 is 5.89. The number of sulfonamides is 1. The summed E-state index contributed by atoms with van der Waals surface area (Å²) in [5.74, 6) is 0.459. The predicted molar refractivity (Wildman–Crippen MR) is 56.6 cm³/mol. The third-order valence-electron chi connectivity index (χ3n) is 1.69. The van der Waals surface area contributed by atoms with Crippen molar-refractivity contribution in [1.82, 2.24) is 4.72 Å². The molecular weight excluding hydrogens is 210 g/mol. The Morgan fingerprint density at radius 3 is 2.31 bits per heavy atom. The lowest BCUT2D eigenvalue weighted by molar-refractivity contribution is 0.555. The summed E-state index contributed by atoms with van der Waals surface area (Å²) in [6.07, 6.45) is 0.629. The summed E-state index contributed by atoms with van der Waals surface area (Å²) in [4.78, 5) is 0. The molecule has 0 heterocycles. The van der Waals surface area contributed by atoms with Gasteiger partial charge in [-0.15, -0.1) is 11.6 Å². The number of alkyl halides is 1. The summed E-state index contributed by atoms with van der Waals surface area (Å²) in [5.41, 5.74) is 0. The molecule has 0 saturated heterocycles. The van der Waals surface area contributed by atoms with Gasteiger partial charge in [0.1, 0.15) is 0 Å². The molecule has 1 unspecified atom stereocenters. The van der Waals surface area contributed by atoms with Crippen LogP contribution in [-0.2, 0) is 10.0 Å². The molecule has 0 aromatic carbocycles. The van der Waals surface area contributed by atoms with Gasteiger partial charge in [-0.05, 0) is 12.3 Å². The highest BCUT2D eigenvalue weighted by Gasteiger charge is 2.14. The molecular formula is C8H18ClNO2S. The van der Waals surface area contributed by atoms with Crippen LogP contribution in [0.5, 0.6) is 0 Å². The van der Waals surface area contributed by atoms with Gasteiger partial charge in [-0.25, -0.2) is 13.1 Å². The molecule has 5 heteroatoms. The molecule has 1 atom stereocenters. The van der Waals surface area contributed by atoms with E-state index in [0.29, 0.717) is 13.0 Å². The normalized spacial score (nSPS) is 14.8. The van der Waals surface area contributed by atoms with Gasteiger partial charge in [-0.2, -0.15) is 0 Å². The van der Waals surface area contributed by atoms with Gasteiger partial charge in [0.2, 0.25) is 10.0 Å². The molecule has 13 heavy (non-hydrogen) atoms. The topological polar surface area (TPSA) is 46.2 Å². The first-order valence-corrected chi connectivity index (χ1v) is 6.59. The number of halogens is 1. The van der Waals surface area contributed by atoms with Crippen LogP contribution < -0.4 is 4.72 Å². The number of rotatable bonds is 6. The molecule has 0 aromatic rings. The smallest absolute Gasteiger partial charge is 0.211 e. The van der Waals surface area contributed by atoms with Gasteiger partial charge < -0.3 is 0 Å². The van der Waals surface area contributed by atoms with E-state index in [4.69, 9.17) is 11.6 Å². The number of hydrogen-bond acceptors (Lipinski definition) is 2. The Morgan fingerprint density at radius 2 is 1.92 bits per heavy atom. The van der Waals surface area contributed by atoms with Crippen LogP contribution in [0.25, 0.3) is 0 Å². The van der Waals surface area contributed by atoms with E-state index in [1.54, 1.807) is 0 Å². The first-order chi connectivity index (χ1) is 5.89. The fraction of sp³-hybridized carbons (Fsp3) is 1.00. The van der Waals surface area contributed by atoms with Gasteiger partial charge in [0.05, 0.1) is 5.75 Å². The Labute approximate surface area is 85.9 Å². The summed E-state index contributed by atoms with van der Waals surface area (Å²) < 4.78 is 24.9. The van der Waals surface area contributed by atoms with E-state index in [1.165, 1.54) is 0 Å². The molecule has 80 valence electrons. The van der Waals surface area contributed by atoms with Gasteiger partial charge >= 0.3 is 0 Å². The minimum absolute atomic E-state index is 0.133. The maximum Gasteiger partial charge on any atom is 0.211 e. The van der Waals surface area contributed by atoms with Crippen molar-refractivity contribution in [3.05, 3.63) is 0 Å². The van der Waals surface area contributed by atoms with Gasteiger partial charge in [0.15, 0.2) is 0 Å². The van der Waals surface area contributed by atoms with Gasteiger partial charge in [-0.1, -0.05) is 20.8 Å². The lowest BCUT2D eigenvalue weighted by atomic mass is 10.1. The molecule has 0 bridgehead atoms. The Kier molecular flexibility index (Phi) is 5.92. The summed E-state index contributed by atoms with van der Waals surface area (Å²) in [5, 5.41) is -0.133. The van der Waals surface area contributed by atoms with E-state index < -0.39 is 10.0 Å². The SMILES string of the molecule is CCCS(=O)(=O)NCC(Cl)C(C)C. The third kappa shape index (κ3) is 6.29. The molecule has 0 aliphatic rings. The zero-order valence-electron chi connectivity index (χ0n) is 8.38. The molecule has 0 aromatic heterocycles. The molecule has 0 spiro atoms. The van der Waals surface area contributed by atoms with Crippen molar-refractivity contribution in [2.45, 2.75) is 32.6 Å². The first-order valence-electron chi connectivity index (χ1n) is 4.50. The molecule has 0 saturated carbocycles. The van der Waals surface area contributed by atoms with E-state index in [2.05, 4.69) is 4.72 Å². The molecule has 3 nitrogen and oxygen atoms in total.